The standard InChI is InChI=1S/C27H39N7OS/c1-27(2,3)29-24-23(20-11-7-5-8-12-20)28-25-34(24)30-26(36-25)31(4)19-22(35)33-17-13-21(14-18-33)32-15-9-6-10-16-32/h5,7-8,11-12,21,29H,6,9-10,13-19H2,1-4H3. The van der Waals surface area contributed by atoms with Crippen molar-refractivity contribution in [1.29, 1.82) is 0 Å². The quantitative estimate of drug-likeness (QED) is 0.525. The number of amides is 1. The zero-order valence-corrected chi connectivity index (χ0v) is 22.9. The lowest BCUT2D eigenvalue weighted by atomic mass is 10.00. The molecule has 0 radical (unpaired) electrons. The maximum atomic E-state index is 13.1. The fourth-order valence-electron chi connectivity index (χ4n) is 5.29. The Morgan fingerprint density at radius 2 is 1.78 bits per heavy atom. The fraction of sp³-hybridized carbons (Fsp3) is 0.593. The molecule has 2 aromatic heterocycles. The second kappa shape index (κ2) is 10.4. The summed E-state index contributed by atoms with van der Waals surface area (Å²) < 4.78 is 1.89. The molecule has 0 atom stereocenters. The molecule has 0 bridgehead atoms. The van der Waals surface area contributed by atoms with E-state index in [1.807, 2.05) is 39.6 Å². The first-order valence-corrected chi connectivity index (χ1v) is 14.1. The summed E-state index contributed by atoms with van der Waals surface area (Å²) in [4.78, 5) is 25.5. The van der Waals surface area contributed by atoms with Crippen LogP contribution in [0.1, 0.15) is 52.9 Å². The Morgan fingerprint density at radius 3 is 2.44 bits per heavy atom. The number of nitrogens with one attached hydrogen (secondary N) is 1. The van der Waals surface area contributed by atoms with Gasteiger partial charge in [-0.3, -0.25) is 4.79 Å². The van der Waals surface area contributed by atoms with Crippen molar-refractivity contribution >= 4 is 33.2 Å². The van der Waals surface area contributed by atoms with Gasteiger partial charge in [0.1, 0.15) is 5.69 Å². The van der Waals surface area contributed by atoms with Crippen LogP contribution in [0.25, 0.3) is 16.2 Å². The summed E-state index contributed by atoms with van der Waals surface area (Å²) in [5.74, 6) is 1.06. The van der Waals surface area contributed by atoms with E-state index in [0.717, 1.165) is 53.1 Å². The largest absolute Gasteiger partial charge is 0.364 e. The number of likely N-dealkylation sites (N-methyl/N-ethyl adjacent to an activating group) is 1. The minimum absolute atomic E-state index is 0.147. The van der Waals surface area contributed by atoms with Crippen molar-refractivity contribution in [2.24, 2.45) is 0 Å². The minimum Gasteiger partial charge on any atom is -0.364 e. The highest BCUT2D eigenvalue weighted by molar-refractivity contribution is 7.20. The van der Waals surface area contributed by atoms with Gasteiger partial charge in [-0.25, -0.2) is 4.98 Å². The number of carbonyl (C=O) groups is 1. The van der Waals surface area contributed by atoms with Crippen LogP contribution in [-0.2, 0) is 4.79 Å². The summed E-state index contributed by atoms with van der Waals surface area (Å²) in [6.07, 6.45) is 6.18. The number of nitrogens with zero attached hydrogens (tertiary/aromatic N) is 6. The molecule has 2 fully saturated rings. The first-order valence-electron chi connectivity index (χ1n) is 13.2. The van der Waals surface area contributed by atoms with Gasteiger partial charge in [-0.2, -0.15) is 4.52 Å². The fourth-order valence-corrected chi connectivity index (χ4v) is 6.15. The first-order chi connectivity index (χ1) is 17.3. The predicted molar refractivity (Wildman–Crippen MR) is 148 cm³/mol. The van der Waals surface area contributed by atoms with E-state index in [4.69, 9.17) is 10.1 Å². The molecule has 0 spiro atoms. The molecule has 0 saturated carbocycles. The van der Waals surface area contributed by atoms with Gasteiger partial charge in [0.25, 0.3) is 0 Å². The number of hydrogen-bond donors (Lipinski definition) is 1. The second-order valence-electron chi connectivity index (χ2n) is 11.2. The molecule has 8 nitrogen and oxygen atoms in total. The van der Waals surface area contributed by atoms with E-state index in [1.165, 1.54) is 43.7 Å². The van der Waals surface area contributed by atoms with Gasteiger partial charge in [-0.05, 0) is 59.5 Å². The van der Waals surface area contributed by atoms with Crippen molar-refractivity contribution in [3.05, 3.63) is 30.3 Å². The lowest BCUT2D eigenvalue weighted by Crippen LogP contribution is -2.49. The molecule has 194 valence electrons. The van der Waals surface area contributed by atoms with Crippen LogP contribution in [0.5, 0.6) is 0 Å². The van der Waals surface area contributed by atoms with Crippen LogP contribution in [0.4, 0.5) is 10.9 Å². The number of rotatable bonds is 6. The Bertz CT molecular complexity index is 1170. The number of benzene rings is 1. The molecule has 2 saturated heterocycles. The van der Waals surface area contributed by atoms with Crippen molar-refractivity contribution in [3.8, 4) is 11.3 Å². The van der Waals surface area contributed by atoms with Crippen LogP contribution >= 0.6 is 11.3 Å². The molecular weight excluding hydrogens is 470 g/mol. The number of hydrogen-bond acceptors (Lipinski definition) is 7. The van der Waals surface area contributed by atoms with Gasteiger partial charge in [0.15, 0.2) is 5.82 Å². The van der Waals surface area contributed by atoms with Crippen LogP contribution in [0, 0.1) is 0 Å². The summed E-state index contributed by atoms with van der Waals surface area (Å²) in [7, 11) is 1.95. The average molecular weight is 510 g/mol. The van der Waals surface area contributed by atoms with Crippen LogP contribution in [0.15, 0.2) is 30.3 Å². The number of likely N-dealkylation sites (tertiary alicyclic amines) is 2. The van der Waals surface area contributed by atoms with E-state index >= 15 is 0 Å². The van der Waals surface area contributed by atoms with Crippen LogP contribution in [0.2, 0.25) is 0 Å². The SMILES string of the molecule is CN(CC(=O)N1CCC(N2CCCCC2)CC1)c1nn2c(NC(C)(C)C)c(-c3ccccc3)nc2s1. The van der Waals surface area contributed by atoms with E-state index < -0.39 is 0 Å². The van der Waals surface area contributed by atoms with Crippen molar-refractivity contribution in [1.82, 2.24) is 24.4 Å². The number of fused-ring (bicyclic) bond motifs is 1. The maximum absolute atomic E-state index is 13.1. The van der Waals surface area contributed by atoms with E-state index in [9.17, 15) is 4.79 Å². The highest BCUT2D eigenvalue weighted by Gasteiger charge is 2.29. The highest BCUT2D eigenvalue weighted by Crippen LogP contribution is 2.34. The first kappa shape index (κ1) is 25.0. The zero-order chi connectivity index (χ0) is 25.3. The second-order valence-corrected chi connectivity index (χ2v) is 12.1. The van der Waals surface area contributed by atoms with E-state index in [0.29, 0.717) is 12.6 Å². The smallest absolute Gasteiger partial charge is 0.242 e. The molecule has 4 heterocycles. The number of anilines is 2. The normalized spacial score (nSPS) is 18.1. The molecule has 3 aromatic rings. The predicted octanol–water partition coefficient (Wildman–Crippen LogP) is 4.58. The third-order valence-electron chi connectivity index (χ3n) is 7.16. The molecule has 2 aliphatic rings. The highest BCUT2D eigenvalue weighted by atomic mass is 32.1. The van der Waals surface area contributed by atoms with Crippen LogP contribution in [-0.4, -0.2) is 81.7 Å². The Balaban J connectivity index is 1.27. The number of piperidine rings is 2. The molecule has 2 aliphatic heterocycles. The Morgan fingerprint density at radius 1 is 1.08 bits per heavy atom. The number of aromatic nitrogens is 3. The van der Waals surface area contributed by atoms with Crippen molar-refractivity contribution in [2.75, 3.05) is 50.0 Å². The molecular formula is C27H39N7OS. The summed E-state index contributed by atoms with van der Waals surface area (Å²) in [5, 5.41) is 9.26. The summed E-state index contributed by atoms with van der Waals surface area (Å²) in [6, 6.07) is 10.8. The molecule has 1 amide bonds. The third kappa shape index (κ3) is 5.52. The molecule has 0 unspecified atom stereocenters. The molecule has 1 aromatic carbocycles. The van der Waals surface area contributed by atoms with Crippen LogP contribution < -0.4 is 10.2 Å². The van der Waals surface area contributed by atoms with Gasteiger partial charge in [0.2, 0.25) is 16.0 Å². The van der Waals surface area contributed by atoms with Gasteiger partial charge in [-0.1, -0.05) is 48.1 Å². The van der Waals surface area contributed by atoms with Gasteiger partial charge in [0, 0.05) is 37.3 Å². The molecule has 1 N–H and O–H groups in total. The number of carbonyl (C=O) groups excluding carboxylic acids is 1. The van der Waals surface area contributed by atoms with Crippen molar-refractivity contribution in [3.63, 3.8) is 0 Å². The molecule has 36 heavy (non-hydrogen) atoms. The van der Waals surface area contributed by atoms with Gasteiger partial charge in [0.05, 0.1) is 6.54 Å². The Labute approximate surface area is 218 Å². The van der Waals surface area contributed by atoms with E-state index in [2.05, 4.69) is 43.1 Å². The van der Waals surface area contributed by atoms with Crippen LogP contribution in [0.3, 0.4) is 0 Å². The van der Waals surface area contributed by atoms with Crippen molar-refractivity contribution in [2.45, 2.75) is 64.5 Å². The Hall–Kier alpha value is -2.65. The zero-order valence-electron chi connectivity index (χ0n) is 22.0. The molecule has 0 aliphatic carbocycles. The molecule has 5 rings (SSSR count). The van der Waals surface area contributed by atoms with Crippen molar-refractivity contribution < 1.29 is 4.79 Å². The minimum atomic E-state index is -0.147. The topological polar surface area (TPSA) is 69.0 Å². The summed E-state index contributed by atoms with van der Waals surface area (Å²) in [6.45, 7) is 10.9. The van der Waals surface area contributed by atoms with Gasteiger partial charge >= 0.3 is 0 Å². The summed E-state index contributed by atoms with van der Waals surface area (Å²) in [5.41, 5.74) is 1.80. The summed E-state index contributed by atoms with van der Waals surface area (Å²) >= 11 is 1.52. The van der Waals surface area contributed by atoms with Gasteiger partial charge in [-0.15, -0.1) is 5.10 Å². The Kier molecular flexibility index (Phi) is 7.21. The average Bonchev–Trinajstić information content (AvgIpc) is 3.44. The molecule has 9 heteroatoms. The van der Waals surface area contributed by atoms with E-state index in [1.54, 1.807) is 0 Å². The maximum Gasteiger partial charge on any atom is 0.242 e. The third-order valence-corrected chi connectivity index (χ3v) is 8.18. The van der Waals surface area contributed by atoms with Gasteiger partial charge < -0.3 is 20.0 Å². The monoisotopic (exact) mass is 509 g/mol. The lowest BCUT2D eigenvalue weighted by molar-refractivity contribution is -0.131. The lowest BCUT2D eigenvalue weighted by Gasteiger charge is -2.40. The number of imidazole rings is 1. The van der Waals surface area contributed by atoms with E-state index in [-0.39, 0.29) is 11.4 Å².